The van der Waals surface area contributed by atoms with Crippen LogP contribution in [0.4, 0.5) is 11.6 Å². The fourth-order valence-electron chi connectivity index (χ4n) is 8.00. The second kappa shape index (κ2) is 9.52. The Morgan fingerprint density at radius 1 is 0.909 bits per heavy atom. The SMILES string of the molecule is Cc1[nH]nc2c1C(c1ccsc1)C1=C(CC(C)(n3nc4c(c3C)C(c3ccc(Cl)s3)C3=C(CC(C)(C)CC3=O)N4)CC1=O)N2. The molecule has 0 saturated carbocycles. The molecule has 0 bridgehead atoms. The molecule has 2 aliphatic carbocycles. The van der Waals surface area contributed by atoms with Crippen molar-refractivity contribution in [3.63, 3.8) is 0 Å². The Bertz CT molecular complexity index is 1960. The van der Waals surface area contributed by atoms with Crippen molar-refractivity contribution in [2.24, 2.45) is 5.41 Å². The topological polar surface area (TPSA) is 105 Å². The van der Waals surface area contributed by atoms with Gasteiger partial charge in [0, 0.05) is 75.1 Å². The van der Waals surface area contributed by atoms with E-state index >= 15 is 0 Å². The number of hydrogen-bond acceptors (Lipinski definition) is 8. The molecule has 3 atom stereocenters. The van der Waals surface area contributed by atoms with E-state index in [9.17, 15) is 9.59 Å². The number of rotatable bonds is 3. The van der Waals surface area contributed by atoms with Crippen molar-refractivity contribution in [1.29, 1.82) is 0 Å². The zero-order valence-corrected chi connectivity index (χ0v) is 27.6. The summed E-state index contributed by atoms with van der Waals surface area (Å²) in [4.78, 5) is 29.1. The lowest BCUT2D eigenvalue weighted by molar-refractivity contribution is -0.119. The zero-order valence-electron chi connectivity index (χ0n) is 25.2. The first-order valence-corrected chi connectivity index (χ1v) is 17.1. The molecule has 8 rings (SSSR count). The number of anilines is 2. The van der Waals surface area contributed by atoms with Gasteiger partial charge in [-0.15, -0.1) is 11.3 Å². The molecule has 44 heavy (non-hydrogen) atoms. The van der Waals surface area contributed by atoms with E-state index in [1.54, 1.807) is 11.3 Å². The Morgan fingerprint density at radius 3 is 2.36 bits per heavy atom. The lowest BCUT2D eigenvalue weighted by Gasteiger charge is -2.40. The molecule has 0 aromatic carbocycles. The zero-order chi connectivity index (χ0) is 30.7. The molecule has 226 valence electrons. The fraction of sp³-hybridized carbons (Fsp3) is 0.394. The van der Waals surface area contributed by atoms with Gasteiger partial charge in [0.15, 0.2) is 23.2 Å². The molecule has 2 aliphatic heterocycles. The summed E-state index contributed by atoms with van der Waals surface area (Å²) in [5.74, 6) is 1.41. The number of carbonyl (C=O) groups excluding carboxylic acids is 2. The molecule has 8 nitrogen and oxygen atoms in total. The minimum atomic E-state index is -0.629. The number of thiophene rings is 2. The number of ketones is 2. The van der Waals surface area contributed by atoms with E-state index in [1.807, 2.05) is 23.7 Å². The lowest BCUT2D eigenvalue weighted by Crippen LogP contribution is -2.42. The van der Waals surface area contributed by atoms with Crippen LogP contribution in [0.25, 0.3) is 0 Å². The number of aromatic amines is 1. The Kier molecular flexibility index (Phi) is 6.06. The first-order chi connectivity index (χ1) is 20.9. The number of carbonyl (C=O) groups is 2. The third-order valence-corrected chi connectivity index (χ3v) is 11.8. The molecule has 0 fully saturated rings. The summed E-state index contributed by atoms with van der Waals surface area (Å²) >= 11 is 9.59. The number of Topliss-reactive ketones (excluding diaryl/α,β-unsaturated/α-hetero) is 2. The maximum Gasteiger partial charge on any atom is 0.163 e. The number of hydrogen-bond donors (Lipinski definition) is 3. The molecule has 4 aliphatic rings. The maximum atomic E-state index is 14.3. The Balaban J connectivity index is 1.25. The monoisotopic (exact) mass is 644 g/mol. The number of aryl methyl sites for hydroxylation is 1. The van der Waals surface area contributed by atoms with Gasteiger partial charge in [-0.25, -0.2) is 0 Å². The van der Waals surface area contributed by atoms with E-state index in [1.165, 1.54) is 11.3 Å². The van der Waals surface area contributed by atoms with Crippen LogP contribution >= 0.6 is 34.3 Å². The van der Waals surface area contributed by atoms with E-state index in [2.05, 4.69) is 65.4 Å². The predicted molar refractivity (Wildman–Crippen MR) is 175 cm³/mol. The van der Waals surface area contributed by atoms with Crippen molar-refractivity contribution in [2.75, 3.05) is 10.6 Å². The third-order valence-electron chi connectivity index (χ3n) is 9.76. The van der Waals surface area contributed by atoms with E-state index in [-0.39, 0.29) is 28.8 Å². The number of nitrogens with zero attached hydrogens (tertiary/aromatic N) is 3. The van der Waals surface area contributed by atoms with Gasteiger partial charge in [0.1, 0.15) is 0 Å². The van der Waals surface area contributed by atoms with Crippen LogP contribution in [0.2, 0.25) is 4.34 Å². The summed E-state index contributed by atoms with van der Waals surface area (Å²) in [7, 11) is 0. The highest BCUT2D eigenvalue weighted by Gasteiger charge is 2.48. The van der Waals surface area contributed by atoms with Crippen LogP contribution in [0.15, 0.2) is 51.5 Å². The second-order valence-electron chi connectivity index (χ2n) is 13.7. The minimum absolute atomic E-state index is 0.112. The van der Waals surface area contributed by atoms with Gasteiger partial charge in [-0.3, -0.25) is 19.4 Å². The van der Waals surface area contributed by atoms with Crippen molar-refractivity contribution < 1.29 is 9.59 Å². The largest absolute Gasteiger partial charge is 0.342 e. The first-order valence-electron chi connectivity index (χ1n) is 14.9. The maximum absolute atomic E-state index is 14.3. The van der Waals surface area contributed by atoms with Crippen LogP contribution in [0.5, 0.6) is 0 Å². The number of H-pyrrole nitrogens is 1. The van der Waals surface area contributed by atoms with Crippen LogP contribution in [0.1, 0.15) is 91.2 Å². The van der Waals surface area contributed by atoms with E-state index in [0.717, 1.165) is 73.6 Å². The van der Waals surface area contributed by atoms with Gasteiger partial charge in [-0.05, 0) is 67.1 Å². The Labute approximate surface area is 268 Å². The summed E-state index contributed by atoms with van der Waals surface area (Å²) in [5, 5.41) is 24.2. The van der Waals surface area contributed by atoms with E-state index in [4.69, 9.17) is 16.7 Å². The number of halogens is 1. The average molecular weight is 645 g/mol. The third kappa shape index (κ3) is 4.07. The summed E-state index contributed by atoms with van der Waals surface area (Å²) in [5.41, 5.74) is 7.77. The molecule has 3 N–H and O–H groups in total. The highest BCUT2D eigenvalue weighted by atomic mass is 35.5. The molecule has 0 saturated heterocycles. The standard InChI is InChI=1S/C33H33ClN6O2S2/c1-15-24-26(17-8-9-43-14-17)27-19(35-30(24)38-37-15)11-33(5,13-21(27)42)40-16(2)25-29(22-6-7-23(34)44-22)28-18(36-31(25)39-40)10-32(3,4)12-20(28)41/h6-9,14,26,29H,10-13H2,1-5H3,(H,36,39)(H2,35,37,38). The summed E-state index contributed by atoms with van der Waals surface area (Å²) in [6, 6.07) is 6.04. The Morgan fingerprint density at radius 2 is 1.64 bits per heavy atom. The molecule has 3 unspecified atom stereocenters. The summed E-state index contributed by atoms with van der Waals surface area (Å²) in [6.07, 6.45) is 2.17. The summed E-state index contributed by atoms with van der Waals surface area (Å²) < 4.78 is 2.73. The van der Waals surface area contributed by atoms with Crippen LogP contribution in [0, 0.1) is 19.3 Å². The predicted octanol–water partition coefficient (Wildman–Crippen LogP) is 7.79. The highest BCUT2D eigenvalue weighted by molar-refractivity contribution is 7.16. The molecular formula is C33H33ClN6O2S2. The summed E-state index contributed by atoms with van der Waals surface area (Å²) in [6.45, 7) is 10.5. The highest BCUT2D eigenvalue weighted by Crippen LogP contribution is 2.54. The molecule has 4 aromatic heterocycles. The Hall–Kier alpha value is -3.47. The van der Waals surface area contributed by atoms with Crippen molar-refractivity contribution in [3.05, 3.63) is 88.8 Å². The molecular weight excluding hydrogens is 612 g/mol. The lowest BCUT2D eigenvalue weighted by atomic mass is 9.70. The van der Waals surface area contributed by atoms with Crippen LogP contribution in [-0.2, 0) is 15.1 Å². The molecule has 0 radical (unpaired) electrons. The number of fused-ring (bicyclic) bond motifs is 2. The normalized spacial score (nSPS) is 25.7. The quantitative estimate of drug-likeness (QED) is 0.210. The molecule has 0 amide bonds. The van der Waals surface area contributed by atoms with Gasteiger partial charge in [-0.1, -0.05) is 25.4 Å². The van der Waals surface area contributed by atoms with Gasteiger partial charge in [0.05, 0.1) is 15.8 Å². The van der Waals surface area contributed by atoms with E-state index in [0.29, 0.717) is 23.6 Å². The smallest absolute Gasteiger partial charge is 0.163 e. The average Bonchev–Trinajstić information content (AvgIpc) is 3.74. The van der Waals surface area contributed by atoms with Gasteiger partial charge in [0.2, 0.25) is 0 Å². The van der Waals surface area contributed by atoms with Gasteiger partial charge >= 0.3 is 0 Å². The number of nitrogens with one attached hydrogen (secondary N) is 3. The van der Waals surface area contributed by atoms with Crippen LogP contribution in [0.3, 0.4) is 0 Å². The van der Waals surface area contributed by atoms with Gasteiger partial charge in [-0.2, -0.15) is 21.5 Å². The van der Waals surface area contributed by atoms with Crippen LogP contribution < -0.4 is 10.6 Å². The van der Waals surface area contributed by atoms with Crippen LogP contribution in [-0.4, -0.2) is 31.5 Å². The molecule has 0 spiro atoms. The van der Waals surface area contributed by atoms with Crippen molar-refractivity contribution in [2.45, 2.75) is 77.7 Å². The fourth-order valence-corrected chi connectivity index (χ4v) is 9.87. The van der Waals surface area contributed by atoms with Crippen molar-refractivity contribution >= 4 is 57.5 Å². The molecule has 6 heterocycles. The van der Waals surface area contributed by atoms with Gasteiger partial charge < -0.3 is 10.6 Å². The first kappa shape index (κ1) is 28.0. The van der Waals surface area contributed by atoms with Crippen molar-refractivity contribution in [3.8, 4) is 0 Å². The van der Waals surface area contributed by atoms with Gasteiger partial charge in [0.25, 0.3) is 0 Å². The second-order valence-corrected chi connectivity index (χ2v) is 16.2. The number of allylic oxidation sites excluding steroid dienone is 4. The molecule has 11 heteroatoms. The van der Waals surface area contributed by atoms with Crippen molar-refractivity contribution in [1.82, 2.24) is 20.0 Å². The molecule has 4 aromatic rings. The number of aromatic nitrogens is 4. The van der Waals surface area contributed by atoms with E-state index < -0.39 is 5.54 Å². The minimum Gasteiger partial charge on any atom is -0.342 e.